The smallest absolute Gasteiger partial charge is 0.283 e. The van der Waals surface area contributed by atoms with Gasteiger partial charge >= 0.3 is 6.18 Å². The zero-order valence-electron chi connectivity index (χ0n) is 10.9. The fourth-order valence-electron chi connectivity index (χ4n) is 1.65. The van der Waals surface area contributed by atoms with E-state index >= 15 is 0 Å². The number of anilines is 1. The molecule has 1 aromatic rings. The third-order valence-corrected chi connectivity index (χ3v) is 3.59. The Balaban J connectivity index is 3.08. The highest BCUT2D eigenvalue weighted by Gasteiger charge is 2.35. The van der Waals surface area contributed by atoms with Gasteiger partial charge in [-0.05, 0) is 17.0 Å². The normalized spacial score (nSPS) is 13.4. The minimum Gasteiger partial charge on any atom is -0.283 e. The van der Waals surface area contributed by atoms with E-state index in [2.05, 4.69) is 0 Å². The second-order valence-corrected chi connectivity index (χ2v) is 6.99. The molecule has 0 saturated heterocycles. The van der Waals surface area contributed by atoms with E-state index in [1.807, 2.05) is 25.5 Å². The molecule has 1 aromatic carbocycles. The van der Waals surface area contributed by atoms with Crippen molar-refractivity contribution in [1.29, 1.82) is 0 Å². The van der Waals surface area contributed by atoms with Crippen molar-refractivity contribution in [3.63, 3.8) is 0 Å². The second-order valence-electron chi connectivity index (χ2n) is 5.27. The summed E-state index contributed by atoms with van der Waals surface area (Å²) in [6, 6.07) is 6.42. The number of para-hydroxylation sites is 1. The topological polar surface area (TPSA) is 46.2 Å². The van der Waals surface area contributed by atoms with Crippen LogP contribution in [0.2, 0.25) is 0 Å². The number of nitrogens with one attached hydrogen (secondary N) is 1. The predicted molar refractivity (Wildman–Crippen MR) is 68.6 cm³/mol. The van der Waals surface area contributed by atoms with Crippen molar-refractivity contribution in [2.24, 2.45) is 0 Å². The number of halogens is 3. The SMILES string of the molecule is CC(C)(C)c1ccccc1NS(=O)(=O)CC(F)(F)F. The van der Waals surface area contributed by atoms with Gasteiger partial charge in [0.2, 0.25) is 10.0 Å². The first-order chi connectivity index (χ1) is 8.41. The van der Waals surface area contributed by atoms with Crippen LogP contribution in [-0.4, -0.2) is 20.3 Å². The molecule has 0 spiro atoms. The lowest BCUT2D eigenvalue weighted by molar-refractivity contribution is -0.106. The maximum Gasteiger partial charge on any atom is 0.404 e. The Morgan fingerprint density at radius 1 is 1.11 bits per heavy atom. The van der Waals surface area contributed by atoms with Crippen LogP contribution in [0.4, 0.5) is 18.9 Å². The summed E-state index contributed by atoms with van der Waals surface area (Å²) in [4.78, 5) is 0. The van der Waals surface area contributed by atoms with E-state index in [-0.39, 0.29) is 11.1 Å². The lowest BCUT2D eigenvalue weighted by Gasteiger charge is -2.23. The molecule has 1 rings (SSSR count). The number of benzene rings is 1. The summed E-state index contributed by atoms with van der Waals surface area (Å²) in [6.07, 6.45) is -4.76. The Labute approximate surface area is 110 Å². The minimum absolute atomic E-state index is 0.180. The molecule has 0 aliphatic carbocycles. The molecule has 3 nitrogen and oxygen atoms in total. The van der Waals surface area contributed by atoms with Crippen LogP contribution < -0.4 is 4.72 Å². The first-order valence-corrected chi connectivity index (χ1v) is 7.23. The summed E-state index contributed by atoms with van der Waals surface area (Å²) >= 11 is 0. The molecular formula is C12H16F3NO2S. The molecular weight excluding hydrogens is 279 g/mol. The lowest BCUT2D eigenvalue weighted by atomic mass is 9.86. The molecule has 0 aliphatic heterocycles. The number of hydrogen-bond donors (Lipinski definition) is 1. The van der Waals surface area contributed by atoms with E-state index in [1.54, 1.807) is 18.2 Å². The van der Waals surface area contributed by atoms with E-state index in [0.29, 0.717) is 5.56 Å². The maximum atomic E-state index is 12.2. The van der Waals surface area contributed by atoms with Gasteiger partial charge in [0.25, 0.3) is 0 Å². The Morgan fingerprint density at radius 3 is 2.11 bits per heavy atom. The zero-order valence-corrected chi connectivity index (χ0v) is 11.7. The van der Waals surface area contributed by atoms with Crippen LogP contribution in [0.25, 0.3) is 0 Å². The van der Waals surface area contributed by atoms with E-state index < -0.39 is 22.0 Å². The van der Waals surface area contributed by atoms with Crippen LogP contribution in [-0.2, 0) is 15.4 Å². The van der Waals surface area contributed by atoms with Crippen molar-refractivity contribution in [1.82, 2.24) is 0 Å². The van der Waals surface area contributed by atoms with Crippen LogP contribution in [0.1, 0.15) is 26.3 Å². The molecule has 0 aliphatic rings. The van der Waals surface area contributed by atoms with Crippen LogP contribution in [0.15, 0.2) is 24.3 Å². The monoisotopic (exact) mass is 295 g/mol. The van der Waals surface area contributed by atoms with Crippen LogP contribution in [0.3, 0.4) is 0 Å². The summed E-state index contributed by atoms with van der Waals surface area (Å²) in [5.74, 6) is -1.89. The first kappa shape index (κ1) is 15.8. The molecule has 0 amide bonds. The molecule has 0 aromatic heterocycles. The molecule has 1 N–H and O–H groups in total. The Kier molecular flexibility index (Phi) is 4.19. The summed E-state index contributed by atoms with van der Waals surface area (Å²) in [7, 11) is -4.45. The van der Waals surface area contributed by atoms with Crippen molar-refractivity contribution < 1.29 is 21.6 Å². The highest BCUT2D eigenvalue weighted by molar-refractivity contribution is 7.92. The molecule has 108 valence electrons. The zero-order chi connectivity index (χ0) is 14.9. The fourth-order valence-corrected chi connectivity index (χ4v) is 2.66. The van der Waals surface area contributed by atoms with E-state index in [9.17, 15) is 21.6 Å². The molecule has 0 saturated carbocycles. The van der Waals surface area contributed by atoms with Gasteiger partial charge < -0.3 is 0 Å². The summed E-state index contributed by atoms with van der Waals surface area (Å²) < 4.78 is 61.4. The van der Waals surface area contributed by atoms with Gasteiger partial charge in [-0.3, -0.25) is 4.72 Å². The van der Waals surface area contributed by atoms with Crippen molar-refractivity contribution >= 4 is 15.7 Å². The van der Waals surface area contributed by atoms with Crippen molar-refractivity contribution in [3.05, 3.63) is 29.8 Å². The fraction of sp³-hybridized carbons (Fsp3) is 0.500. The molecule has 0 unspecified atom stereocenters. The third-order valence-electron chi connectivity index (χ3n) is 2.35. The van der Waals surface area contributed by atoms with Gasteiger partial charge in [0.15, 0.2) is 5.75 Å². The standard InChI is InChI=1S/C12H16F3NO2S/c1-11(2,3)9-6-4-5-7-10(9)16-19(17,18)8-12(13,14)15/h4-7,16H,8H2,1-3H3. The quantitative estimate of drug-likeness (QED) is 0.930. The molecule has 19 heavy (non-hydrogen) atoms. The maximum absolute atomic E-state index is 12.2. The van der Waals surface area contributed by atoms with Crippen molar-refractivity contribution in [2.75, 3.05) is 10.5 Å². The second kappa shape index (κ2) is 5.03. The van der Waals surface area contributed by atoms with Gasteiger partial charge in [-0.2, -0.15) is 13.2 Å². The van der Waals surface area contributed by atoms with Gasteiger partial charge in [-0.15, -0.1) is 0 Å². The largest absolute Gasteiger partial charge is 0.404 e. The van der Waals surface area contributed by atoms with E-state index in [4.69, 9.17) is 0 Å². The molecule has 0 bridgehead atoms. The summed E-state index contributed by atoms with van der Waals surface area (Å²) in [6.45, 7) is 5.55. The van der Waals surface area contributed by atoms with E-state index in [0.717, 1.165) is 0 Å². The van der Waals surface area contributed by atoms with Crippen LogP contribution >= 0.6 is 0 Å². The number of rotatable bonds is 3. The van der Waals surface area contributed by atoms with Gasteiger partial charge in [0.05, 0.1) is 5.69 Å². The van der Waals surface area contributed by atoms with Crippen molar-refractivity contribution in [2.45, 2.75) is 32.4 Å². The number of alkyl halides is 3. The molecule has 0 fully saturated rings. The van der Waals surface area contributed by atoms with Gasteiger partial charge in [-0.1, -0.05) is 39.0 Å². The average molecular weight is 295 g/mol. The Bertz CT molecular complexity index is 545. The number of sulfonamides is 1. The highest BCUT2D eigenvalue weighted by Crippen LogP contribution is 2.30. The van der Waals surface area contributed by atoms with Crippen LogP contribution in [0, 0.1) is 0 Å². The van der Waals surface area contributed by atoms with Gasteiger partial charge in [0.1, 0.15) is 0 Å². The predicted octanol–water partition coefficient (Wildman–Crippen LogP) is 3.29. The van der Waals surface area contributed by atoms with E-state index in [1.165, 1.54) is 6.07 Å². The lowest BCUT2D eigenvalue weighted by Crippen LogP contribution is -2.29. The molecule has 0 radical (unpaired) electrons. The Morgan fingerprint density at radius 2 is 1.63 bits per heavy atom. The highest BCUT2D eigenvalue weighted by atomic mass is 32.2. The summed E-state index contributed by atoms with van der Waals surface area (Å²) in [5, 5.41) is 0. The third kappa shape index (κ3) is 5.10. The molecule has 0 atom stereocenters. The average Bonchev–Trinajstić information content (AvgIpc) is 2.11. The van der Waals surface area contributed by atoms with Crippen LogP contribution in [0.5, 0.6) is 0 Å². The number of hydrogen-bond acceptors (Lipinski definition) is 2. The molecule has 7 heteroatoms. The molecule has 0 heterocycles. The van der Waals surface area contributed by atoms with Gasteiger partial charge in [-0.25, -0.2) is 8.42 Å². The first-order valence-electron chi connectivity index (χ1n) is 5.57. The van der Waals surface area contributed by atoms with Gasteiger partial charge in [0, 0.05) is 0 Å². The minimum atomic E-state index is -4.76. The summed E-state index contributed by atoms with van der Waals surface area (Å²) in [5.41, 5.74) is 0.442. The Hall–Kier alpha value is -1.24. The van der Waals surface area contributed by atoms with Crippen molar-refractivity contribution in [3.8, 4) is 0 Å².